The maximum atomic E-state index is 6.86. The monoisotopic (exact) mass is 863 g/mol. The highest BCUT2D eigenvalue weighted by molar-refractivity contribution is 6.12. The molecule has 11 rings (SSSR count). The molecule has 328 valence electrons. The number of nitrogens with zero attached hydrogens (tertiary/aromatic N) is 5. The number of ether oxygens (including phenoxy) is 1. The summed E-state index contributed by atoms with van der Waals surface area (Å²) in [5, 5.41) is 4.78. The zero-order valence-electron chi connectivity index (χ0n) is 39.5. The van der Waals surface area contributed by atoms with E-state index < -0.39 is 0 Å². The lowest BCUT2D eigenvalue weighted by molar-refractivity contribution is 0.483. The fourth-order valence-corrected chi connectivity index (χ4v) is 9.79. The standard InChI is InChI=1S/C60H57N5O/c1-58(2,3)39-29-30-61-57(34-39)65-53-28-25-43(64-51-21-12-10-19-47(51)48-20-11-13-22-52(48)64)36-50(53)49-27-26-46(37-56(49)65)66-45-18-16-17-42(35-45)62-38-63(55-24-15-14-23-54(55)62)44-32-40(59(4,5)6)31-41(33-44)60(7,8)9/h10-37H,38H2,1-9H3. The average Bonchev–Trinajstić information content (AvgIpc) is 3.96. The lowest BCUT2D eigenvalue weighted by Gasteiger charge is -2.29. The molecule has 0 saturated heterocycles. The van der Waals surface area contributed by atoms with Crippen molar-refractivity contribution in [1.82, 2.24) is 14.1 Å². The smallest absolute Gasteiger partial charge is 0.137 e. The van der Waals surface area contributed by atoms with Crippen LogP contribution in [0.15, 0.2) is 170 Å². The Morgan fingerprint density at radius 2 is 0.970 bits per heavy atom. The van der Waals surface area contributed by atoms with Crippen molar-refractivity contribution in [2.24, 2.45) is 0 Å². The van der Waals surface area contributed by atoms with Crippen molar-refractivity contribution in [3.8, 4) is 23.0 Å². The first-order valence-corrected chi connectivity index (χ1v) is 23.2. The maximum absolute atomic E-state index is 6.86. The molecule has 0 unspecified atom stereocenters. The molecule has 66 heavy (non-hydrogen) atoms. The van der Waals surface area contributed by atoms with Gasteiger partial charge in [-0.2, -0.15) is 0 Å². The third kappa shape index (κ3) is 7.07. The minimum Gasteiger partial charge on any atom is -0.457 e. The quantitative estimate of drug-likeness (QED) is 0.167. The molecule has 1 aliphatic heterocycles. The molecule has 0 spiro atoms. The van der Waals surface area contributed by atoms with Crippen LogP contribution in [0.3, 0.4) is 0 Å². The van der Waals surface area contributed by atoms with Crippen LogP contribution in [0.1, 0.15) is 79.0 Å². The van der Waals surface area contributed by atoms with Crippen LogP contribution in [0.2, 0.25) is 0 Å². The molecule has 7 aromatic carbocycles. The van der Waals surface area contributed by atoms with Gasteiger partial charge in [0.25, 0.3) is 0 Å². The summed E-state index contributed by atoms with van der Waals surface area (Å²) < 4.78 is 11.5. The topological polar surface area (TPSA) is 38.5 Å². The molecule has 0 N–H and O–H groups in total. The Hall–Kier alpha value is -7.31. The van der Waals surface area contributed by atoms with E-state index in [1.54, 1.807) is 0 Å². The Balaban J connectivity index is 0.996. The van der Waals surface area contributed by atoms with Gasteiger partial charge >= 0.3 is 0 Å². The van der Waals surface area contributed by atoms with Gasteiger partial charge in [-0.25, -0.2) is 4.98 Å². The number of anilines is 4. The van der Waals surface area contributed by atoms with Crippen LogP contribution in [0.25, 0.3) is 55.1 Å². The van der Waals surface area contributed by atoms with Crippen LogP contribution in [0.5, 0.6) is 11.5 Å². The molecule has 0 amide bonds. The summed E-state index contributed by atoms with van der Waals surface area (Å²) in [6, 6.07) is 59.5. The molecular formula is C60H57N5O. The third-order valence-electron chi connectivity index (χ3n) is 13.5. The van der Waals surface area contributed by atoms with Crippen molar-refractivity contribution in [3.63, 3.8) is 0 Å². The normalized spacial score (nSPS) is 13.4. The summed E-state index contributed by atoms with van der Waals surface area (Å²) in [4.78, 5) is 9.86. The molecule has 0 bridgehead atoms. The van der Waals surface area contributed by atoms with Gasteiger partial charge in [-0.1, -0.05) is 123 Å². The zero-order valence-corrected chi connectivity index (χ0v) is 39.5. The molecule has 0 saturated carbocycles. The van der Waals surface area contributed by atoms with E-state index in [4.69, 9.17) is 9.72 Å². The summed E-state index contributed by atoms with van der Waals surface area (Å²) in [7, 11) is 0. The van der Waals surface area contributed by atoms with E-state index in [9.17, 15) is 0 Å². The van der Waals surface area contributed by atoms with Gasteiger partial charge in [0.2, 0.25) is 0 Å². The SMILES string of the molecule is CC(C)(C)c1cc(N2CN(c3cccc(Oc4ccc5c6cc(-n7c8ccccc8c8ccccc87)ccc6n(-c6cc(C(C)(C)C)ccn6)c5c4)c3)c3ccccc32)cc(C(C)(C)C)c1. The number of aromatic nitrogens is 3. The Bertz CT molecular complexity index is 3430. The van der Waals surface area contributed by atoms with Crippen molar-refractivity contribution >= 4 is 66.4 Å². The second kappa shape index (κ2) is 15.1. The molecule has 0 fully saturated rings. The first kappa shape index (κ1) is 41.4. The Labute approximate surface area is 388 Å². The van der Waals surface area contributed by atoms with E-state index in [2.05, 4.69) is 245 Å². The molecule has 6 nitrogen and oxygen atoms in total. The van der Waals surface area contributed by atoms with Crippen molar-refractivity contribution in [2.75, 3.05) is 16.5 Å². The van der Waals surface area contributed by atoms with E-state index in [0.29, 0.717) is 6.67 Å². The summed E-state index contributed by atoms with van der Waals surface area (Å²) in [6.45, 7) is 21.3. The van der Waals surface area contributed by atoms with Gasteiger partial charge in [0.1, 0.15) is 24.0 Å². The zero-order chi connectivity index (χ0) is 45.7. The minimum absolute atomic E-state index is 0.0152. The van der Waals surface area contributed by atoms with Crippen molar-refractivity contribution < 1.29 is 4.74 Å². The highest BCUT2D eigenvalue weighted by Crippen LogP contribution is 2.47. The predicted octanol–water partition coefficient (Wildman–Crippen LogP) is 16.2. The van der Waals surface area contributed by atoms with Gasteiger partial charge in [0.15, 0.2) is 0 Å². The average molecular weight is 864 g/mol. The Morgan fingerprint density at radius 1 is 0.394 bits per heavy atom. The predicted molar refractivity (Wildman–Crippen MR) is 278 cm³/mol. The minimum atomic E-state index is -0.0435. The second-order valence-corrected chi connectivity index (χ2v) is 21.1. The lowest BCUT2D eigenvalue weighted by atomic mass is 9.80. The molecule has 0 atom stereocenters. The summed E-state index contributed by atoms with van der Waals surface area (Å²) in [5.41, 5.74) is 14.2. The van der Waals surface area contributed by atoms with Gasteiger partial charge in [-0.05, 0) is 124 Å². The molecule has 0 aliphatic carbocycles. The van der Waals surface area contributed by atoms with Crippen LogP contribution in [0.4, 0.5) is 22.7 Å². The fourth-order valence-electron chi connectivity index (χ4n) is 9.79. The number of fused-ring (bicyclic) bond motifs is 7. The first-order chi connectivity index (χ1) is 31.6. The van der Waals surface area contributed by atoms with Gasteiger partial charge in [-0.3, -0.25) is 4.57 Å². The van der Waals surface area contributed by atoms with Gasteiger partial charge in [0, 0.05) is 56.9 Å². The van der Waals surface area contributed by atoms with Crippen molar-refractivity contribution in [2.45, 2.75) is 78.6 Å². The number of rotatable bonds is 6. The number of hydrogen-bond acceptors (Lipinski definition) is 4. The number of benzene rings is 7. The summed E-state index contributed by atoms with van der Waals surface area (Å²) in [6.07, 6.45) is 1.94. The molecule has 6 heteroatoms. The molecule has 0 radical (unpaired) electrons. The van der Waals surface area contributed by atoms with Crippen LogP contribution in [0, 0.1) is 0 Å². The van der Waals surface area contributed by atoms with Gasteiger partial charge in [-0.15, -0.1) is 0 Å². The summed E-state index contributed by atoms with van der Waals surface area (Å²) >= 11 is 0. The van der Waals surface area contributed by atoms with Crippen LogP contribution in [-0.2, 0) is 16.2 Å². The lowest BCUT2D eigenvalue weighted by Crippen LogP contribution is -2.25. The number of hydrogen-bond donors (Lipinski definition) is 0. The van der Waals surface area contributed by atoms with E-state index in [-0.39, 0.29) is 16.2 Å². The highest BCUT2D eigenvalue weighted by Gasteiger charge is 2.30. The summed E-state index contributed by atoms with van der Waals surface area (Å²) in [5.74, 6) is 2.42. The molecule has 4 heterocycles. The number of para-hydroxylation sites is 4. The van der Waals surface area contributed by atoms with Crippen LogP contribution >= 0.6 is 0 Å². The number of pyridine rings is 1. The van der Waals surface area contributed by atoms with Crippen molar-refractivity contribution in [3.05, 3.63) is 187 Å². The van der Waals surface area contributed by atoms with E-state index in [1.807, 2.05) is 6.20 Å². The van der Waals surface area contributed by atoms with E-state index in [0.717, 1.165) is 50.5 Å². The highest BCUT2D eigenvalue weighted by atomic mass is 16.5. The largest absolute Gasteiger partial charge is 0.457 e. The third-order valence-corrected chi connectivity index (χ3v) is 13.5. The van der Waals surface area contributed by atoms with Gasteiger partial charge in [0.05, 0.1) is 33.4 Å². The fraction of sp³-hybridized carbons (Fsp3) is 0.217. The molecule has 1 aliphatic rings. The Kier molecular flexibility index (Phi) is 9.49. The van der Waals surface area contributed by atoms with Crippen LogP contribution < -0.4 is 14.5 Å². The van der Waals surface area contributed by atoms with Crippen LogP contribution in [-0.4, -0.2) is 20.8 Å². The molecular weight excluding hydrogens is 807 g/mol. The van der Waals surface area contributed by atoms with E-state index in [1.165, 1.54) is 55.6 Å². The Morgan fingerprint density at radius 3 is 1.62 bits per heavy atom. The molecule has 10 aromatic rings. The van der Waals surface area contributed by atoms with Crippen molar-refractivity contribution in [1.29, 1.82) is 0 Å². The second-order valence-electron chi connectivity index (χ2n) is 21.1. The first-order valence-electron chi connectivity index (χ1n) is 23.2. The molecule has 3 aromatic heterocycles. The van der Waals surface area contributed by atoms with E-state index >= 15 is 0 Å². The maximum Gasteiger partial charge on any atom is 0.137 e. The van der Waals surface area contributed by atoms with Gasteiger partial charge < -0.3 is 19.1 Å².